The quantitative estimate of drug-likeness (QED) is 0.796. The molecule has 0 saturated carbocycles. The first-order valence-electron chi connectivity index (χ1n) is 6.51. The number of hydrogen-bond donors (Lipinski definition) is 0. The zero-order valence-electron chi connectivity index (χ0n) is 10.6. The predicted octanol–water partition coefficient (Wildman–Crippen LogP) is 2.93. The fourth-order valence-electron chi connectivity index (χ4n) is 2.76. The molecule has 2 aromatic rings. The van der Waals surface area contributed by atoms with Crippen molar-refractivity contribution in [2.24, 2.45) is 7.05 Å². The summed E-state index contributed by atoms with van der Waals surface area (Å²) in [5, 5.41) is 5.96. The number of benzene rings is 1. The Kier molecular flexibility index (Phi) is 3.39. The molecule has 1 aliphatic rings. The highest BCUT2D eigenvalue weighted by atomic mass is 79.9. The average Bonchev–Trinajstić information content (AvgIpc) is 2.67. The topological polar surface area (TPSA) is 21.1 Å². The van der Waals surface area contributed by atoms with Crippen LogP contribution in [0.5, 0.6) is 0 Å². The Hall–Kier alpha value is -0.870. The first kappa shape index (κ1) is 12.2. The Bertz CT molecular complexity index is 549. The molecule has 0 radical (unpaired) electrons. The van der Waals surface area contributed by atoms with Crippen LogP contribution in [0.15, 0.2) is 24.3 Å². The summed E-state index contributed by atoms with van der Waals surface area (Å²) in [4.78, 5) is 3.14. The maximum atomic E-state index is 4.67. The van der Waals surface area contributed by atoms with Crippen molar-refractivity contribution in [3.8, 4) is 0 Å². The van der Waals surface area contributed by atoms with Gasteiger partial charge in [0.05, 0.1) is 11.2 Å². The second-order valence-electron chi connectivity index (χ2n) is 5.06. The third kappa shape index (κ3) is 2.31. The molecule has 18 heavy (non-hydrogen) atoms. The fourth-order valence-corrected chi connectivity index (χ4v) is 3.49. The van der Waals surface area contributed by atoms with Crippen molar-refractivity contribution >= 4 is 26.8 Å². The first-order valence-corrected chi connectivity index (χ1v) is 7.42. The summed E-state index contributed by atoms with van der Waals surface area (Å²) < 4.78 is 1.99. The van der Waals surface area contributed by atoms with Crippen LogP contribution in [0.1, 0.15) is 18.5 Å². The van der Waals surface area contributed by atoms with E-state index >= 15 is 0 Å². The number of hydrogen-bond acceptors (Lipinski definition) is 2. The van der Waals surface area contributed by atoms with Crippen LogP contribution in [0, 0.1) is 0 Å². The van der Waals surface area contributed by atoms with Gasteiger partial charge in [-0.25, -0.2) is 0 Å². The van der Waals surface area contributed by atoms with E-state index in [9.17, 15) is 0 Å². The van der Waals surface area contributed by atoms with Gasteiger partial charge in [0.25, 0.3) is 0 Å². The smallest absolute Gasteiger partial charge is 0.0843 e. The summed E-state index contributed by atoms with van der Waals surface area (Å²) in [5.41, 5.74) is 2.43. The third-order valence-corrected chi connectivity index (χ3v) is 4.40. The van der Waals surface area contributed by atoms with Gasteiger partial charge in [0.15, 0.2) is 0 Å². The molecule has 1 aromatic heterocycles. The van der Waals surface area contributed by atoms with E-state index in [-0.39, 0.29) is 0 Å². The van der Waals surface area contributed by atoms with E-state index in [1.165, 1.54) is 36.0 Å². The van der Waals surface area contributed by atoms with Gasteiger partial charge in [-0.3, -0.25) is 9.58 Å². The van der Waals surface area contributed by atoms with Crippen LogP contribution < -0.4 is 0 Å². The highest BCUT2D eigenvalue weighted by molar-refractivity contribution is 9.09. The summed E-state index contributed by atoms with van der Waals surface area (Å²) >= 11 is 3.73. The van der Waals surface area contributed by atoms with Gasteiger partial charge in [-0.05, 0) is 25.5 Å². The summed E-state index contributed by atoms with van der Waals surface area (Å²) in [7, 11) is 2.02. The molecule has 1 saturated heterocycles. The second kappa shape index (κ2) is 5.02. The lowest BCUT2D eigenvalue weighted by atomic mass is 10.1. The molecule has 3 rings (SSSR count). The molecular formula is C14H18BrN3. The number of aromatic nitrogens is 2. The maximum Gasteiger partial charge on any atom is 0.0843 e. The zero-order chi connectivity index (χ0) is 12.5. The molecule has 2 heterocycles. The summed E-state index contributed by atoms with van der Waals surface area (Å²) in [5.74, 6) is 0. The SMILES string of the molecule is Cn1nc(CN2CCCC(Br)C2)c2ccccc21. The summed E-state index contributed by atoms with van der Waals surface area (Å²) in [6.45, 7) is 3.28. The van der Waals surface area contributed by atoms with Gasteiger partial charge in [-0.2, -0.15) is 5.10 Å². The normalized spacial score (nSPS) is 21.6. The molecule has 1 unspecified atom stereocenters. The van der Waals surface area contributed by atoms with E-state index in [4.69, 9.17) is 0 Å². The van der Waals surface area contributed by atoms with Gasteiger partial charge >= 0.3 is 0 Å². The monoisotopic (exact) mass is 307 g/mol. The van der Waals surface area contributed by atoms with Crippen molar-refractivity contribution in [2.75, 3.05) is 13.1 Å². The number of piperidine rings is 1. The Morgan fingerprint density at radius 1 is 1.39 bits per heavy atom. The van der Waals surface area contributed by atoms with Gasteiger partial charge in [0.2, 0.25) is 0 Å². The molecule has 0 spiro atoms. The Labute approximate surface area is 116 Å². The average molecular weight is 308 g/mol. The van der Waals surface area contributed by atoms with Crippen molar-refractivity contribution < 1.29 is 0 Å². The fraction of sp³-hybridized carbons (Fsp3) is 0.500. The number of aryl methyl sites for hydroxylation is 1. The Morgan fingerprint density at radius 2 is 2.22 bits per heavy atom. The van der Waals surface area contributed by atoms with E-state index < -0.39 is 0 Å². The van der Waals surface area contributed by atoms with Crippen LogP contribution in [-0.2, 0) is 13.6 Å². The van der Waals surface area contributed by atoms with E-state index in [0.29, 0.717) is 4.83 Å². The van der Waals surface area contributed by atoms with Crippen LogP contribution in [0.4, 0.5) is 0 Å². The third-order valence-electron chi connectivity index (χ3n) is 3.66. The second-order valence-corrected chi connectivity index (χ2v) is 6.36. The largest absolute Gasteiger partial charge is 0.296 e. The number of rotatable bonds is 2. The van der Waals surface area contributed by atoms with Crippen LogP contribution in [0.25, 0.3) is 10.9 Å². The van der Waals surface area contributed by atoms with Crippen LogP contribution in [0.2, 0.25) is 0 Å². The number of nitrogens with zero attached hydrogens (tertiary/aromatic N) is 3. The number of fused-ring (bicyclic) bond motifs is 1. The molecule has 1 atom stereocenters. The van der Waals surface area contributed by atoms with E-state index in [1.807, 2.05) is 11.7 Å². The van der Waals surface area contributed by atoms with Gasteiger partial charge in [-0.15, -0.1) is 0 Å². The number of likely N-dealkylation sites (tertiary alicyclic amines) is 1. The molecule has 96 valence electrons. The number of para-hydroxylation sites is 1. The van der Waals surface area contributed by atoms with Gasteiger partial charge in [-0.1, -0.05) is 34.1 Å². The minimum Gasteiger partial charge on any atom is -0.296 e. The highest BCUT2D eigenvalue weighted by Gasteiger charge is 2.19. The van der Waals surface area contributed by atoms with Crippen molar-refractivity contribution in [2.45, 2.75) is 24.2 Å². The molecule has 0 amide bonds. The van der Waals surface area contributed by atoms with Crippen molar-refractivity contribution in [1.82, 2.24) is 14.7 Å². The number of halogens is 1. The van der Waals surface area contributed by atoms with Gasteiger partial charge in [0, 0.05) is 30.4 Å². The maximum absolute atomic E-state index is 4.67. The van der Waals surface area contributed by atoms with Crippen molar-refractivity contribution in [1.29, 1.82) is 0 Å². The molecule has 3 nitrogen and oxygen atoms in total. The molecule has 0 bridgehead atoms. The van der Waals surface area contributed by atoms with E-state index in [0.717, 1.165) is 13.1 Å². The lowest BCUT2D eigenvalue weighted by Crippen LogP contribution is -2.35. The molecule has 1 fully saturated rings. The summed E-state index contributed by atoms with van der Waals surface area (Å²) in [6.07, 6.45) is 2.57. The van der Waals surface area contributed by atoms with Crippen LogP contribution in [0.3, 0.4) is 0 Å². The number of alkyl halides is 1. The molecule has 1 aliphatic heterocycles. The van der Waals surface area contributed by atoms with E-state index in [1.54, 1.807) is 0 Å². The standard InChI is InChI=1S/C14H18BrN3/c1-17-14-7-3-2-6-12(14)13(16-17)10-18-8-4-5-11(15)9-18/h2-3,6-7,11H,4-5,8-10H2,1H3. The molecule has 4 heteroatoms. The van der Waals surface area contributed by atoms with Crippen molar-refractivity contribution in [3.63, 3.8) is 0 Å². The minimum absolute atomic E-state index is 0.640. The molecule has 0 N–H and O–H groups in total. The minimum atomic E-state index is 0.640. The predicted molar refractivity (Wildman–Crippen MR) is 77.9 cm³/mol. The zero-order valence-corrected chi connectivity index (χ0v) is 12.2. The molecule has 1 aromatic carbocycles. The molecule has 0 aliphatic carbocycles. The van der Waals surface area contributed by atoms with Crippen molar-refractivity contribution in [3.05, 3.63) is 30.0 Å². The molecular weight excluding hydrogens is 290 g/mol. The summed E-state index contributed by atoms with van der Waals surface area (Å²) in [6, 6.07) is 8.47. The van der Waals surface area contributed by atoms with E-state index in [2.05, 4.69) is 50.2 Å². The van der Waals surface area contributed by atoms with Gasteiger partial charge in [0.1, 0.15) is 0 Å². The van der Waals surface area contributed by atoms with Gasteiger partial charge < -0.3 is 0 Å². The highest BCUT2D eigenvalue weighted by Crippen LogP contribution is 2.22. The first-order chi connectivity index (χ1) is 8.74. The van der Waals surface area contributed by atoms with Crippen LogP contribution >= 0.6 is 15.9 Å². The lowest BCUT2D eigenvalue weighted by molar-refractivity contribution is 0.225. The van der Waals surface area contributed by atoms with Crippen LogP contribution in [-0.4, -0.2) is 32.6 Å². The lowest BCUT2D eigenvalue weighted by Gasteiger charge is -2.29. The Morgan fingerprint density at radius 3 is 3.06 bits per heavy atom. The Balaban J connectivity index is 1.86.